The van der Waals surface area contributed by atoms with Gasteiger partial charge in [0.2, 0.25) is 5.82 Å². The Kier molecular flexibility index (Phi) is 5.36. The molecule has 1 aromatic heterocycles. The Morgan fingerprint density at radius 3 is 2.80 bits per heavy atom. The summed E-state index contributed by atoms with van der Waals surface area (Å²) in [6.07, 6.45) is -2.93. The van der Waals surface area contributed by atoms with E-state index in [1.165, 1.54) is 53.4 Å². The van der Waals surface area contributed by atoms with Gasteiger partial charge in [-0.05, 0) is 30.3 Å². The van der Waals surface area contributed by atoms with E-state index in [-0.39, 0.29) is 33.8 Å². The van der Waals surface area contributed by atoms with Crippen LogP contribution in [0.1, 0.15) is 5.82 Å². The molecule has 15 heteroatoms. The van der Waals surface area contributed by atoms with Gasteiger partial charge in [0.25, 0.3) is 10.1 Å². The molecule has 3 heterocycles. The summed E-state index contributed by atoms with van der Waals surface area (Å²) in [5, 5.41) is 17.9. The number of carbonyl (C=O) groups is 1. The molecule has 2 aliphatic heterocycles. The van der Waals surface area contributed by atoms with Crippen molar-refractivity contribution in [2.75, 3.05) is 23.3 Å². The molecule has 0 radical (unpaired) electrons. The van der Waals surface area contributed by atoms with Crippen molar-refractivity contribution >= 4 is 27.6 Å². The lowest BCUT2D eigenvalue weighted by molar-refractivity contribution is -0.197. The lowest BCUT2D eigenvalue weighted by Crippen LogP contribution is -2.31. The van der Waals surface area contributed by atoms with Crippen LogP contribution in [0.2, 0.25) is 0 Å². The largest absolute Gasteiger partial charge is 0.461 e. The molecule has 0 saturated carbocycles. The van der Waals surface area contributed by atoms with Crippen LogP contribution in [0.5, 0.6) is 5.75 Å². The van der Waals surface area contributed by atoms with E-state index in [9.17, 15) is 22.0 Å². The number of halogens is 2. The second-order valence-electron chi connectivity index (χ2n) is 7.53. The molecule has 1 fully saturated rings. The number of carbonyl (C=O) groups excluding carboxylic acids is 1. The highest BCUT2D eigenvalue weighted by molar-refractivity contribution is 7.86. The van der Waals surface area contributed by atoms with E-state index in [1.54, 1.807) is 0 Å². The molecular formula is C20H16F2N4O8S. The molecule has 0 spiro atoms. The van der Waals surface area contributed by atoms with E-state index in [0.29, 0.717) is 5.69 Å². The summed E-state index contributed by atoms with van der Waals surface area (Å²) in [6.45, 7) is -0.657. The number of benzene rings is 2. The number of amides is 1. The maximum atomic E-state index is 14.3. The van der Waals surface area contributed by atoms with Gasteiger partial charge in [0, 0.05) is 18.5 Å². The first kappa shape index (κ1) is 23.0. The average molecular weight is 510 g/mol. The Morgan fingerprint density at radius 1 is 1.23 bits per heavy atom. The number of rotatable bonds is 6. The summed E-state index contributed by atoms with van der Waals surface area (Å²) in [5.41, 5.74) is 0.283. The minimum atomic E-state index is -4.32. The highest BCUT2D eigenvalue weighted by Crippen LogP contribution is 2.42. The first-order chi connectivity index (χ1) is 16.5. The van der Waals surface area contributed by atoms with Crippen LogP contribution in [-0.2, 0) is 25.1 Å². The van der Waals surface area contributed by atoms with E-state index in [4.69, 9.17) is 24.1 Å². The van der Waals surface area contributed by atoms with Crippen LogP contribution in [0.3, 0.4) is 0 Å². The fourth-order valence-corrected chi connectivity index (χ4v) is 4.64. The van der Waals surface area contributed by atoms with E-state index < -0.39 is 40.9 Å². The van der Waals surface area contributed by atoms with Crippen LogP contribution in [0.25, 0.3) is 5.69 Å². The molecule has 3 aromatic rings. The second-order valence-corrected chi connectivity index (χ2v) is 9.15. The lowest BCUT2D eigenvalue weighted by Gasteiger charge is -2.27. The minimum absolute atomic E-state index is 0.124. The zero-order valence-electron chi connectivity index (χ0n) is 17.5. The van der Waals surface area contributed by atoms with E-state index in [0.717, 1.165) is 11.0 Å². The number of hydrogen-bond donors (Lipinski definition) is 2. The monoisotopic (exact) mass is 510 g/mol. The number of cyclic esters (lactones) is 1. The van der Waals surface area contributed by atoms with Gasteiger partial charge in [0.15, 0.2) is 5.75 Å². The molecule has 12 nitrogen and oxygen atoms in total. The number of fused-ring (bicyclic) bond motifs is 3. The van der Waals surface area contributed by atoms with Crippen molar-refractivity contribution < 1.29 is 46.1 Å². The fraction of sp³-hybridized carbons (Fsp3) is 0.200. The maximum absolute atomic E-state index is 14.3. The van der Waals surface area contributed by atoms with Crippen molar-refractivity contribution in [3.05, 3.63) is 60.7 Å². The van der Waals surface area contributed by atoms with Crippen molar-refractivity contribution in [2.45, 2.75) is 17.1 Å². The SMILES string of the molecule is O=C1O[C@@H](COS(=O)(=O)c2cccc(N(O)O)c2)CN1c1ccc2c(c1)OC(F)(F)c1nccn1-2. The summed E-state index contributed by atoms with van der Waals surface area (Å²) in [7, 11) is -4.32. The van der Waals surface area contributed by atoms with Crippen LogP contribution in [0.4, 0.5) is 25.0 Å². The quantitative estimate of drug-likeness (QED) is 0.375. The summed E-state index contributed by atoms with van der Waals surface area (Å²) >= 11 is 0. The zero-order valence-corrected chi connectivity index (χ0v) is 18.3. The highest BCUT2D eigenvalue weighted by atomic mass is 32.2. The van der Waals surface area contributed by atoms with Gasteiger partial charge in [0.05, 0.1) is 28.5 Å². The van der Waals surface area contributed by atoms with Crippen molar-refractivity contribution in [1.82, 2.24) is 9.55 Å². The topological polar surface area (TPSA) is 144 Å². The highest BCUT2D eigenvalue weighted by Gasteiger charge is 2.44. The van der Waals surface area contributed by atoms with E-state index in [2.05, 4.69) is 4.98 Å². The molecule has 2 N–H and O–H groups in total. The van der Waals surface area contributed by atoms with E-state index >= 15 is 0 Å². The zero-order chi connectivity index (χ0) is 25.0. The predicted molar refractivity (Wildman–Crippen MR) is 111 cm³/mol. The summed E-state index contributed by atoms with van der Waals surface area (Å²) in [6, 6.07) is 8.90. The van der Waals surface area contributed by atoms with Gasteiger partial charge in [0.1, 0.15) is 12.7 Å². The van der Waals surface area contributed by atoms with Crippen LogP contribution in [-0.4, -0.2) is 53.7 Å². The van der Waals surface area contributed by atoms with Gasteiger partial charge in [-0.1, -0.05) is 6.07 Å². The second kappa shape index (κ2) is 8.16. The van der Waals surface area contributed by atoms with Gasteiger partial charge in [-0.25, -0.2) is 9.78 Å². The Morgan fingerprint density at radius 2 is 2.03 bits per heavy atom. The summed E-state index contributed by atoms with van der Waals surface area (Å²) in [4.78, 5) is 16.8. The molecule has 35 heavy (non-hydrogen) atoms. The third kappa shape index (κ3) is 4.14. The fourth-order valence-electron chi connectivity index (χ4n) is 3.66. The standard InChI is InChI=1S/C20H16F2N4O8S/c21-20(22)18-23-6-7-24(18)16-5-4-12(9-17(16)34-20)25-10-14(33-19(25)27)11-32-35(30,31)15-3-1-2-13(8-15)26(28)29/h1-9,14,28-29H,10-11H2/t14-/m1/s1. The molecule has 184 valence electrons. The predicted octanol–water partition coefficient (Wildman–Crippen LogP) is 2.63. The molecule has 1 amide bonds. The van der Waals surface area contributed by atoms with Gasteiger partial charge in [-0.3, -0.25) is 24.1 Å². The number of imidazole rings is 1. The smallest absolute Gasteiger partial charge is 0.441 e. The Balaban J connectivity index is 1.30. The van der Waals surface area contributed by atoms with Crippen molar-refractivity contribution in [1.29, 1.82) is 0 Å². The van der Waals surface area contributed by atoms with Crippen molar-refractivity contribution in [3.63, 3.8) is 0 Å². The first-order valence-corrected chi connectivity index (χ1v) is 11.4. The third-order valence-corrected chi connectivity index (χ3v) is 6.55. The normalized spacial score (nSPS) is 18.5. The van der Waals surface area contributed by atoms with Crippen LogP contribution in [0, 0.1) is 0 Å². The minimum Gasteiger partial charge on any atom is -0.441 e. The average Bonchev–Trinajstić information content (AvgIpc) is 3.45. The molecular weight excluding hydrogens is 494 g/mol. The molecule has 0 bridgehead atoms. The number of anilines is 2. The Hall–Kier alpha value is -3.79. The van der Waals surface area contributed by atoms with Crippen LogP contribution >= 0.6 is 0 Å². The van der Waals surface area contributed by atoms with Crippen molar-refractivity contribution in [3.8, 4) is 11.4 Å². The first-order valence-electron chi connectivity index (χ1n) is 9.96. The Bertz CT molecular complexity index is 1410. The molecule has 2 aromatic carbocycles. The number of alkyl halides is 2. The molecule has 2 aliphatic rings. The molecule has 1 atom stereocenters. The van der Waals surface area contributed by atoms with E-state index in [1.807, 2.05) is 0 Å². The summed E-state index contributed by atoms with van der Waals surface area (Å²) < 4.78 is 69.5. The maximum Gasteiger partial charge on any atom is 0.461 e. The third-order valence-electron chi connectivity index (χ3n) is 5.27. The number of nitrogens with zero attached hydrogens (tertiary/aromatic N) is 4. The van der Waals surface area contributed by atoms with Gasteiger partial charge in [-0.2, -0.15) is 17.2 Å². The molecule has 0 unspecified atom stereocenters. The van der Waals surface area contributed by atoms with Gasteiger partial charge >= 0.3 is 12.2 Å². The van der Waals surface area contributed by atoms with Gasteiger partial charge in [-0.15, -0.1) is 5.23 Å². The summed E-state index contributed by atoms with van der Waals surface area (Å²) in [5.74, 6) is -0.761. The number of ether oxygens (including phenoxy) is 2. The van der Waals surface area contributed by atoms with Gasteiger partial charge < -0.3 is 9.47 Å². The number of hydrogen-bond acceptors (Lipinski definition) is 10. The molecule has 1 saturated heterocycles. The Labute approximate surface area is 196 Å². The van der Waals surface area contributed by atoms with Crippen molar-refractivity contribution in [2.24, 2.45) is 0 Å². The molecule has 5 rings (SSSR count). The van der Waals surface area contributed by atoms with Crippen LogP contribution < -0.4 is 14.9 Å². The van der Waals surface area contributed by atoms with Crippen LogP contribution in [0.15, 0.2) is 59.8 Å². The number of aromatic nitrogens is 2. The molecule has 0 aliphatic carbocycles. The lowest BCUT2D eigenvalue weighted by atomic mass is 10.2.